The van der Waals surface area contributed by atoms with E-state index in [1.165, 1.54) is 18.4 Å². The Labute approximate surface area is 83.5 Å². The molecule has 2 heteroatoms. The molecule has 0 aromatic heterocycles. The van der Waals surface area contributed by atoms with Crippen LogP contribution in [0, 0.1) is 5.92 Å². The number of phenols is 1. The molecule has 0 spiro atoms. The molecule has 1 fully saturated rings. The van der Waals surface area contributed by atoms with Crippen molar-refractivity contribution in [2.75, 3.05) is 6.61 Å². The molecule has 1 saturated carbocycles. The maximum absolute atomic E-state index is 9.34. The quantitative estimate of drug-likeness (QED) is 0.767. The molecule has 0 radical (unpaired) electrons. The van der Waals surface area contributed by atoms with Crippen molar-refractivity contribution in [3.8, 4) is 5.75 Å². The van der Waals surface area contributed by atoms with Crippen LogP contribution >= 0.6 is 0 Å². The first-order valence-corrected chi connectivity index (χ1v) is 4.91. The Balaban J connectivity index is 2.30. The number of hydrogen-bond acceptors (Lipinski definition) is 2. The molecular weight excluding hydrogens is 176 g/mol. The predicted octanol–water partition coefficient (Wildman–Crippen LogP) is 2.18. The molecule has 74 valence electrons. The van der Waals surface area contributed by atoms with E-state index in [-0.39, 0.29) is 12.4 Å². The zero-order chi connectivity index (χ0) is 9.97. The summed E-state index contributed by atoms with van der Waals surface area (Å²) in [5.41, 5.74) is 2.20. The number of aliphatic hydroxyl groups excluding tert-OH is 1. The smallest absolute Gasteiger partial charge is 0.116 e. The third-order valence-electron chi connectivity index (χ3n) is 2.51. The molecule has 0 aliphatic heterocycles. The van der Waals surface area contributed by atoms with E-state index in [1.54, 1.807) is 12.1 Å². The number of allylic oxidation sites excluding steroid dienone is 1. The van der Waals surface area contributed by atoms with Crippen molar-refractivity contribution in [2.24, 2.45) is 5.92 Å². The number of phenolic OH excluding ortho intramolecular Hbond substituents is 1. The normalized spacial score (nSPS) is 17.1. The van der Waals surface area contributed by atoms with Crippen LogP contribution in [0.4, 0.5) is 0 Å². The summed E-state index contributed by atoms with van der Waals surface area (Å²) in [6, 6.07) is 7.21. The topological polar surface area (TPSA) is 40.5 Å². The highest BCUT2D eigenvalue weighted by Crippen LogP contribution is 2.42. The van der Waals surface area contributed by atoms with Gasteiger partial charge in [-0.05, 0) is 42.0 Å². The van der Waals surface area contributed by atoms with Crippen LogP contribution in [0.25, 0.3) is 5.57 Å². The van der Waals surface area contributed by atoms with Crippen LogP contribution in [0.3, 0.4) is 0 Å². The van der Waals surface area contributed by atoms with Gasteiger partial charge in [-0.1, -0.05) is 18.2 Å². The molecule has 1 aliphatic carbocycles. The summed E-state index contributed by atoms with van der Waals surface area (Å²) in [6.07, 6.45) is 4.23. The van der Waals surface area contributed by atoms with Gasteiger partial charge >= 0.3 is 0 Å². The molecule has 0 atom stereocenters. The lowest BCUT2D eigenvalue weighted by atomic mass is 10.0. The molecule has 0 amide bonds. The second-order valence-electron chi connectivity index (χ2n) is 3.67. The third kappa shape index (κ3) is 1.96. The monoisotopic (exact) mass is 190 g/mol. The lowest BCUT2D eigenvalue weighted by Crippen LogP contribution is -1.88. The van der Waals surface area contributed by atoms with Gasteiger partial charge in [0.1, 0.15) is 5.75 Å². The van der Waals surface area contributed by atoms with Crippen LogP contribution < -0.4 is 0 Å². The van der Waals surface area contributed by atoms with Crippen molar-refractivity contribution in [3.05, 3.63) is 35.9 Å². The SMILES string of the molecule is OC/C=C(\c1cccc(O)c1)C1CC1. The van der Waals surface area contributed by atoms with Gasteiger partial charge in [0, 0.05) is 0 Å². The van der Waals surface area contributed by atoms with Crippen molar-refractivity contribution in [3.63, 3.8) is 0 Å². The zero-order valence-electron chi connectivity index (χ0n) is 7.98. The summed E-state index contributed by atoms with van der Waals surface area (Å²) in [5.74, 6) is 0.871. The summed E-state index contributed by atoms with van der Waals surface area (Å²) >= 11 is 0. The molecule has 0 bridgehead atoms. The molecular formula is C12H14O2. The second kappa shape index (κ2) is 3.84. The predicted molar refractivity (Wildman–Crippen MR) is 55.9 cm³/mol. The molecule has 14 heavy (non-hydrogen) atoms. The van der Waals surface area contributed by atoms with E-state index < -0.39 is 0 Å². The highest BCUT2D eigenvalue weighted by molar-refractivity contribution is 5.70. The first kappa shape index (κ1) is 9.28. The van der Waals surface area contributed by atoms with Crippen LogP contribution in [-0.2, 0) is 0 Å². The van der Waals surface area contributed by atoms with E-state index in [1.807, 2.05) is 18.2 Å². The number of aliphatic hydroxyl groups is 1. The van der Waals surface area contributed by atoms with Crippen molar-refractivity contribution < 1.29 is 10.2 Å². The van der Waals surface area contributed by atoms with E-state index >= 15 is 0 Å². The van der Waals surface area contributed by atoms with Crippen molar-refractivity contribution >= 4 is 5.57 Å². The third-order valence-corrected chi connectivity index (χ3v) is 2.51. The molecule has 0 saturated heterocycles. The van der Waals surface area contributed by atoms with Gasteiger partial charge in [-0.2, -0.15) is 0 Å². The summed E-state index contributed by atoms with van der Waals surface area (Å²) in [6.45, 7) is 0.0709. The summed E-state index contributed by atoms with van der Waals surface area (Å²) in [7, 11) is 0. The molecule has 1 aliphatic rings. The average molecular weight is 190 g/mol. The fourth-order valence-corrected chi connectivity index (χ4v) is 1.70. The maximum Gasteiger partial charge on any atom is 0.116 e. The Morgan fingerprint density at radius 2 is 2.21 bits per heavy atom. The van der Waals surface area contributed by atoms with Crippen LogP contribution in [0.5, 0.6) is 5.75 Å². The van der Waals surface area contributed by atoms with E-state index in [2.05, 4.69) is 0 Å². The number of rotatable bonds is 3. The van der Waals surface area contributed by atoms with E-state index in [0.717, 1.165) is 5.56 Å². The highest BCUT2D eigenvalue weighted by Gasteiger charge is 2.26. The van der Waals surface area contributed by atoms with Gasteiger partial charge in [0.25, 0.3) is 0 Å². The van der Waals surface area contributed by atoms with Gasteiger partial charge in [0.05, 0.1) is 6.61 Å². The molecule has 1 aromatic rings. The highest BCUT2D eigenvalue weighted by atomic mass is 16.3. The largest absolute Gasteiger partial charge is 0.508 e. The van der Waals surface area contributed by atoms with Gasteiger partial charge < -0.3 is 10.2 Å². The molecule has 0 heterocycles. The van der Waals surface area contributed by atoms with Crippen molar-refractivity contribution in [2.45, 2.75) is 12.8 Å². The van der Waals surface area contributed by atoms with E-state index in [4.69, 9.17) is 5.11 Å². The standard InChI is InChI=1S/C12H14O2/c13-7-6-12(9-4-5-9)10-2-1-3-11(14)8-10/h1-3,6,8-9,13-14H,4-5,7H2/b12-6-. The minimum atomic E-state index is 0.0709. The van der Waals surface area contributed by atoms with Crippen molar-refractivity contribution in [1.82, 2.24) is 0 Å². The maximum atomic E-state index is 9.34. The Kier molecular flexibility index (Phi) is 2.55. The van der Waals surface area contributed by atoms with Gasteiger partial charge in [-0.15, -0.1) is 0 Å². The second-order valence-corrected chi connectivity index (χ2v) is 3.67. The van der Waals surface area contributed by atoms with Crippen LogP contribution in [0.1, 0.15) is 18.4 Å². The minimum absolute atomic E-state index is 0.0709. The molecule has 2 nitrogen and oxygen atoms in total. The first-order chi connectivity index (χ1) is 6.81. The van der Waals surface area contributed by atoms with Crippen LogP contribution in [0.15, 0.2) is 30.3 Å². The first-order valence-electron chi connectivity index (χ1n) is 4.91. The Bertz CT molecular complexity index is 351. The van der Waals surface area contributed by atoms with Gasteiger partial charge in [0.2, 0.25) is 0 Å². The molecule has 0 unspecified atom stereocenters. The van der Waals surface area contributed by atoms with Crippen molar-refractivity contribution in [1.29, 1.82) is 0 Å². The lowest BCUT2D eigenvalue weighted by molar-refractivity contribution is 0.343. The van der Waals surface area contributed by atoms with E-state index in [9.17, 15) is 5.11 Å². The minimum Gasteiger partial charge on any atom is -0.508 e. The Morgan fingerprint density at radius 3 is 2.79 bits per heavy atom. The number of hydrogen-bond donors (Lipinski definition) is 2. The van der Waals surface area contributed by atoms with E-state index in [0.29, 0.717) is 5.92 Å². The summed E-state index contributed by atoms with van der Waals surface area (Å²) < 4.78 is 0. The number of aromatic hydroxyl groups is 1. The Hall–Kier alpha value is -1.28. The van der Waals surface area contributed by atoms with Crippen LogP contribution in [-0.4, -0.2) is 16.8 Å². The average Bonchev–Trinajstić information content (AvgIpc) is 2.97. The lowest BCUT2D eigenvalue weighted by Gasteiger charge is -2.06. The van der Waals surface area contributed by atoms with Gasteiger partial charge in [-0.3, -0.25) is 0 Å². The summed E-state index contributed by atoms with van der Waals surface area (Å²) in [4.78, 5) is 0. The van der Waals surface area contributed by atoms with Gasteiger partial charge in [-0.25, -0.2) is 0 Å². The van der Waals surface area contributed by atoms with Crippen LogP contribution in [0.2, 0.25) is 0 Å². The number of benzene rings is 1. The Morgan fingerprint density at radius 1 is 1.43 bits per heavy atom. The summed E-state index contributed by atoms with van der Waals surface area (Å²) in [5, 5.41) is 18.2. The zero-order valence-corrected chi connectivity index (χ0v) is 7.98. The fourth-order valence-electron chi connectivity index (χ4n) is 1.70. The molecule has 2 rings (SSSR count). The molecule has 1 aromatic carbocycles. The molecule has 2 N–H and O–H groups in total. The van der Waals surface area contributed by atoms with Gasteiger partial charge in [0.15, 0.2) is 0 Å². The fraction of sp³-hybridized carbons (Fsp3) is 0.333.